The van der Waals surface area contributed by atoms with Gasteiger partial charge in [0.1, 0.15) is 5.82 Å². The molecule has 27 heavy (non-hydrogen) atoms. The Morgan fingerprint density at radius 3 is 2.74 bits per heavy atom. The number of pyridine rings is 1. The van der Waals surface area contributed by atoms with Gasteiger partial charge >= 0.3 is 0 Å². The molecule has 1 N–H and O–H groups in total. The summed E-state index contributed by atoms with van der Waals surface area (Å²) in [6.07, 6.45) is 9.40. The van der Waals surface area contributed by atoms with Gasteiger partial charge in [0.2, 0.25) is 0 Å². The van der Waals surface area contributed by atoms with Crippen LogP contribution in [0.4, 0.5) is 5.82 Å². The third-order valence-electron chi connectivity index (χ3n) is 4.60. The fourth-order valence-corrected chi connectivity index (χ4v) is 3.58. The second-order valence-electron chi connectivity index (χ2n) is 6.32. The van der Waals surface area contributed by atoms with Crippen LogP contribution in [-0.2, 0) is 6.54 Å². The van der Waals surface area contributed by atoms with E-state index >= 15 is 0 Å². The molecule has 0 aliphatic carbocycles. The van der Waals surface area contributed by atoms with Crippen LogP contribution in [0, 0.1) is 0 Å². The number of nitrogens with one attached hydrogen (secondary N) is 1. The van der Waals surface area contributed by atoms with Crippen molar-refractivity contribution < 1.29 is 4.79 Å². The molecule has 0 radical (unpaired) electrons. The summed E-state index contributed by atoms with van der Waals surface area (Å²) in [5, 5.41) is 9.11. The first kappa shape index (κ1) is 17.7. The highest BCUT2D eigenvalue weighted by molar-refractivity contribution is 7.98. The molecule has 140 valence electrons. The largest absolute Gasteiger partial charge is 0.356 e. The lowest BCUT2D eigenvalue weighted by Crippen LogP contribution is -2.27. The molecule has 4 rings (SSSR count). The van der Waals surface area contributed by atoms with E-state index in [-0.39, 0.29) is 5.91 Å². The van der Waals surface area contributed by atoms with E-state index in [1.54, 1.807) is 24.5 Å². The lowest BCUT2D eigenvalue weighted by Gasteiger charge is -2.17. The molecule has 4 heterocycles. The minimum absolute atomic E-state index is 0.119. The number of anilines is 1. The molecule has 1 amide bonds. The summed E-state index contributed by atoms with van der Waals surface area (Å²) in [5.74, 6) is 0.847. The quantitative estimate of drug-likeness (QED) is 0.514. The summed E-state index contributed by atoms with van der Waals surface area (Å²) in [4.78, 5) is 27.8. The molecular weight excluding hydrogens is 362 g/mol. The highest BCUT2D eigenvalue weighted by Gasteiger charge is 2.20. The lowest BCUT2D eigenvalue weighted by atomic mass is 10.2. The third-order valence-corrected chi connectivity index (χ3v) is 5.14. The molecule has 0 atom stereocenters. The van der Waals surface area contributed by atoms with Gasteiger partial charge in [-0.05, 0) is 31.2 Å². The average Bonchev–Trinajstić information content (AvgIpc) is 3.38. The van der Waals surface area contributed by atoms with Crippen molar-refractivity contribution in [2.24, 2.45) is 0 Å². The van der Waals surface area contributed by atoms with Crippen molar-refractivity contribution >= 4 is 34.5 Å². The maximum absolute atomic E-state index is 12.2. The molecule has 3 aromatic rings. The number of hydrogen-bond donors (Lipinski definition) is 1. The van der Waals surface area contributed by atoms with Crippen LogP contribution in [0.15, 0.2) is 35.9 Å². The SMILES string of the molecule is CSc1nc(N2CCCC2)c2cnn(CCNC(=O)c3ccncc3)c2n1. The molecule has 0 aromatic carbocycles. The van der Waals surface area contributed by atoms with Gasteiger partial charge in [0, 0.05) is 37.6 Å². The van der Waals surface area contributed by atoms with Crippen molar-refractivity contribution in [2.75, 3.05) is 30.8 Å². The van der Waals surface area contributed by atoms with Crippen molar-refractivity contribution in [1.82, 2.24) is 30.0 Å². The molecule has 0 saturated carbocycles. The fourth-order valence-electron chi connectivity index (χ4n) is 3.23. The van der Waals surface area contributed by atoms with Gasteiger partial charge in [-0.2, -0.15) is 5.10 Å². The molecule has 9 heteroatoms. The predicted octanol–water partition coefficient (Wildman–Crippen LogP) is 1.97. The molecular formula is C18H21N7OS. The Balaban J connectivity index is 1.52. The van der Waals surface area contributed by atoms with Crippen LogP contribution in [0.3, 0.4) is 0 Å². The predicted molar refractivity (Wildman–Crippen MR) is 105 cm³/mol. The number of thioether (sulfide) groups is 1. The third kappa shape index (κ3) is 3.73. The van der Waals surface area contributed by atoms with Crippen LogP contribution in [0.1, 0.15) is 23.2 Å². The minimum atomic E-state index is -0.119. The molecule has 8 nitrogen and oxygen atoms in total. The van der Waals surface area contributed by atoms with Crippen LogP contribution < -0.4 is 10.2 Å². The maximum Gasteiger partial charge on any atom is 0.251 e. The Morgan fingerprint density at radius 1 is 1.22 bits per heavy atom. The first-order valence-corrected chi connectivity index (χ1v) is 10.2. The standard InChI is InChI=1S/C18H21N7OS/c1-27-18-22-15(24-9-2-3-10-24)14-12-21-25(16(14)23-18)11-8-20-17(26)13-4-6-19-7-5-13/h4-7,12H,2-3,8-11H2,1H3,(H,20,26). The summed E-state index contributed by atoms with van der Waals surface area (Å²) in [6, 6.07) is 3.39. The number of nitrogens with zero attached hydrogens (tertiary/aromatic N) is 6. The van der Waals surface area contributed by atoms with E-state index in [0.717, 1.165) is 35.1 Å². The first-order valence-electron chi connectivity index (χ1n) is 8.97. The lowest BCUT2D eigenvalue weighted by molar-refractivity contribution is 0.0952. The summed E-state index contributed by atoms with van der Waals surface area (Å²) < 4.78 is 1.84. The Labute approximate surface area is 161 Å². The second-order valence-corrected chi connectivity index (χ2v) is 7.10. The van der Waals surface area contributed by atoms with Crippen LogP contribution in [0.25, 0.3) is 11.0 Å². The Morgan fingerprint density at radius 2 is 2.00 bits per heavy atom. The second kappa shape index (κ2) is 7.91. The highest BCUT2D eigenvalue weighted by atomic mass is 32.2. The van der Waals surface area contributed by atoms with Gasteiger partial charge in [-0.25, -0.2) is 14.6 Å². The van der Waals surface area contributed by atoms with Gasteiger partial charge in [0.25, 0.3) is 5.91 Å². The number of fused-ring (bicyclic) bond motifs is 1. The smallest absolute Gasteiger partial charge is 0.251 e. The summed E-state index contributed by atoms with van der Waals surface area (Å²) >= 11 is 1.53. The monoisotopic (exact) mass is 383 g/mol. The molecule has 1 aliphatic rings. The number of carbonyl (C=O) groups is 1. The van der Waals surface area contributed by atoms with Crippen molar-refractivity contribution in [3.05, 3.63) is 36.3 Å². The highest BCUT2D eigenvalue weighted by Crippen LogP contribution is 2.28. The van der Waals surface area contributed by atoms with Crippen LogP contribution in [-0.4, -0.2) is 56.5 Å². The molecule has 1 aliphatic heterocycles. The Bertz CT molecular complexity index is 938. The molecule has 0 unspecified atom stereocenters. The minimum Gasteiger partial charge on any atom is -0.356 e. The van der Waals surface area contributed by atoms with Gasteiger partial charge in [0.05, 0.1) is 18.1 Å². The van der Waals surface area contributed by atoms with Gasteiger partial charge in [0.15, 0.2) is 10.8 Å². The number of rotatable bonds is 6. The van der Waals surface area contributed by atoms with Gasteiger partial charge in [-0.15, -0.1) is 0 Å². The first-order chi connectivity index (χ1) is 13.3. The summed E-state index contributed by atoms with van der Waals surface area (Å²) in [7, 11) is 0. The van der Waals surface area contributed by atoms with Crippen molar-refractivity contribution in [3.8, 4) is 0 Å². The number of hydrogen-bond acceptors (Lipinski definition) is 7. The average molecular weight is 383 g/mol. The van der Waals surface area contributed by atoms with Gasteiger partial charge in [-0.3, -0.25) is 9.78 Å². The summed E-state index contributed by atoms with van der Waals surface area (Å²) in [5.41, 5.74) is 1.41. The van der Waals surface area contributed by atoms with E-state index in [1.165, 1.54) is 24.6 Å². The maximum atomic E-state index is 12.2. The molecule has 1 saturated heterocycles. The van der Waals surface area contributed by atoms with E-state index < -0.39 is 0 Å². The van der Waals surface area contributed by atoms with Crippen molar-refractivity contribution in [3.63, 3.8) is 0 Å². The zero-order valence-corrected chi connectivity index (χ0v) is 15.9. The normalized spacial score (nSPS) is 14.0. The Hall–Kier alpha value is -2.68. The topological polar surface area (TPSA) is 88.8 Å². The van der Waals surface area contributed by atoms with E-state index in [9.17, 15) is 4.79 Å². The zero-order valence-electron chi connectivity index (χ0n) is 15.1. The van der Waals surface area contributed by atoms with E-state index in [4.69, 9.17) is 4.98 Å². The zero-order chi connectivity index (χ0) is 18.6. The van der Waals surface area contributed by atoms with Crippen molar-refractivity contribution in [1.29, 1.82) is 0 Å². The van der Waals surface area contributed by atoms with E-state index in [1.807, 2.05) is 17.1 Å². The van der Waals surface area contributed by atoms with Gasteiger partial charge < -0.3 is 10.2 Å². The van der Waals surface area contributed by atoms with Crippen LogP contribution in [0.5, 0.6) is 0 Å². The number of amides is 1. The van der Waals surface area contributed by atoms with E-state index in [0.29, 0.717) is 18.7 Å². The van der Waals surface area contributed by atoms with Crippen LogP contribution >= 0.6 is 11.8 Å². The van der Waals surface area contributed by atoms with Crippen molar-refractivity contribution in [2.45, 2.75) is 24.5 Å². The number of carbonyl (C=O) groups excluding carboxylic acids is 1. The molecule has 3 aromatic heterocycles. The number of aromatic nitrogens is 5. The molecule has 1 fully saturated rings. The van der Waals surface area contributed by atoms with Crippen LogP contribution in [0.2, 0.25) is 0 Å². The molecule has 0 bridgehead atoms. The summed E-state index contributed by atoms with van der Waals surface area (Å²) in [6.45, 7) is 3.06. The van der Waals surface area contributed by atoms with Gasteiger partial charge in [-0.1, -0.05) is 11.8 Å². The molecule has 0 spiro atoms. The fraction of sp³-hybridized carbons (Fsp3) is 0.389. The van der Waals surface area contributed by atoms with E-state index in [2.05, 4.69) is 25.3 Å². The Kier molecular flexibility index (Phi) is 5.19.